The van der Waals surface area contributed by atoms with Crippen LogP contribution < -0.4 is 10.6 Å². The largest absolute Gasteiger partial charge is 0.469 e. The van der Waals surface area contributed by atoms with Crippen molar-refractivity contribution in [3.05, 3.63) is 95.4 Å². The van der Waals surface area contributed by atoms with Crippen LogP contribution in [-0.4, -0.2) is 19.0 Å². The Labute approximate surface area is 196 Å². The van der Waals surface area contributed by atoms with E-state index in [2.05, 4.69) is 58.9 Å². The van der Waals surface area contributed by atoms with Gasteiger partial charge in [0.05, 0.1) is 26.0 Å². The van der Waals surface area contributed by atoms with E-state index in [-0.39, 0.29) is 24.0 Å². The molecule has 30 heavy (non-hydrogen) atoms. The van der Waals surface area contributed by atoms with E-state index in [1.54, 1.807) is 6.26 Å². The zero-order chi connectivity index (χ0) is 20.2. The Morgan fingerprint density at radius 2 is 1.57 bits per heavy atom. The number of nitrogens with zero attached hydrogens (tertiary/aromatic N) is 1. The molecule has 6 heteroatoms. The van der Waals surface area contributed by atoms with Crippen LogP contribution in [0.3, 0.4) is 0 Å². The normalized spacial score (nSPS) is 11.0. The summed E-state index contributed by atoms with van der Waals surface area (Å²) in [5.41, 5.74) is 3.52. The van der Waals surface area contributed by atoms with E-state index in [1.807, 2.05) is 30.3 Å². The zero-order valence-corrected chi connectivity index (χ0v) is 19.7. The van der Waals surface area contributed by atoms with Gasteiger partial charge in [-0.1, -0.05) is 54.6 Å². The molecular weight excluding hydrogens is 489 g/mol. The molecule has 2 aromatic carbocycles. The first-order chi connectivity index (χ1) is 14.3. The van der Waals surface area contributed by atoms with Crippen LogP contribution in [0.25, 0.3) is 0 Å². The highest BCUT2D eigenvalue weighted by Gasteiger charge is 2.01. The molecule has 0 spiro atoms. The van der Waals surface area contributed by atoms with Gasteiger partial charge in [-0.15, -0.1) is 24.0 Å². The van der Waals surface area contributed by atoms with E-state index >= 15 is 0 Å². The third kappa shape index (κ3) is 8.59. The Morgan fingerprint density at radius 3 is 2.23 bits per heavy atom. The fraction of sp³-hybridized carbons (Fsp3) is 0.292. The highest BCUT2D eigenvalue weighted by molar-refractivity contribution is 14.0. The predicted molar refractivity (Wildman–Crippen MR) is 132 cm³/mol. The molecule has 0 fully saturated rings. The molecule has 1 aromatic heterocycles. The summed E-state index contributed by atoms with van der Waals surface area (Å²) in [6.07, 6.45) is 2.53. The molecule has 0 saturated carbocycles. The maximum Gasteiger partial charge on any atom is 0.191 e. The van der Waals surface area contributed by atoms with E-state index in [0.717, 1.165) is 36.8 Å². The van der Waals surface area contributed by atoms with E-state index in [9.17, 15) is 0 Å². The topological polar surface area (TPSA) is 58.8 Å². The first-order valence-corrected chi connectivity index (χ1v) is 10.1. The minimum Gasteiger partial charge on any atom is -0.469 e. The quantitative estimate of drug-likeness (QED) is 0.227. The van der Waals surface area contributed by atoms with E-state index in [4.69, 9.17) is 9.15 Å². The molecule has 0 aliphatic rings. The van der Waals surface area contributed by atoms with Crippen molar-refractivity contribution in [2.45, 2.75) is 33.1 Å². The van der Waals surface area contributed by atoms with Crippen molar-refractivity contribution in [2.24, 2.45) is 4.99 Å². The fourth-order valence-electron chi connectivity index (χ4n) is 2.87. The zero-order valence-electron chi connectivity index (χ0n) is 17.3. The summed E-state index contributed by atoms with van der Waals surface area (Å²) in [5.74, 6) is 1.78. The number of hydrogen-bond acceptors (Lipinski definition) is 3. The molecule has 5 nitrogen and oxygen atoms in total. The molecule has 0 aliphatic carbocycles. The highest BCUT2D eigenvalue weighted by atomic mass is 127. The summed E-state index contributed by atoms with van der Waals surface area (Å²) in [7, 11) is 0. The van der Waals surface area contributed by atoms with Crippen LogP contribution in [0.5, 0.6) is 0 Å². The van der Waals surface area contributed by atoms with Gasteiger partial charge in [0.1, 0.15) is 5.76 Å². The number of nitrogens with one attached hydrogen (secondary N) is 2. The molecule has 0 bridgehead atoms. The van der Waals surface area contributed by atoms with E-state index < -0.39 is 0 Å². The van der Waals surface area contributed by atoms with Crippen LogP contribution in [0.1, 0.15) is 29.4 Å². The second-order valence-corrected chi connectivity index (χ2v) is 6.75. The molecule has 0 aliphatic heterocycles. The standard InChI is InChI=1S/C24H29N3O2.HI/c1-2-25-24(26-15-14-23-9-6-16-29-23)27-17-20-10-12-22(13-11-20)19-28-18-21-7-4-3-5-8-21;/h3-13,16H,2,14-15,17-19H2,1H3,(H2,25,26,27);1H. The van der Waals surface area contributed by atoms with Crippen LogP contribution in [0.2, 0.25) is 0 Å². The summed E-state index contributed by atoms with van der Waals surface area (Å²) < 4.78 is 11.2. The van der Waals surface area contributed by atoms with Crippen LogP contribution >= 0.6 is 24.0 Å². The fourth-order valence-corrected chi connectivity index (χ4v) is 2.87. The van der Waals surface area contributed by atoms with Gasteiger partial charge in [-0.05, 0) is 35.7 Å². The average molecular weight is 519 g/mol. The summed E-state index contributed by atoms with van der Waals surface area (Å²) in [6.45, 7) is 5.52. The molecule has 0 amide bonds. The summed E-state index contributed by atoms with van der Waals surface area (Å²) in [6, 6.07) is 22.5. The summed E-state index contributed by atoms with van der Waals surface area (Å²) >= 11 is 0. The van der Waals surface area contributed by atoms with Gasteiger partial charge >= 0.3 is 0 Å². The van der Waals surface area contributed by atoms with Crippen molar-refractivity contribution in [3.8, 4) is 0 Å². The van der Waals surface area contributed by atoms with Gasteiger partial charge < -0.3 is 19.8 Å². The number of ether oxygens (including phenoxy) is 1. The lowest BCUT2D eigenvalue weighted by Gasteiger charge is -2.11. The monoisotopic (exact) mass is 519 g/mol. The van der Waals surface area contributed by atoms with Gasteiger partial charge in [-0.25, -0.2) is 4.99 Å². The minimum absolute atomic E-state index is 0. The molecular formula is C24H30IN3O2. The van der Waals surface area contributed by atoms with Crippen molar-refractivity contribution in [2.75, 3.05) is 13.1 Å². The first-order valence-electron chi connectivity index (χ1n) is 10.1. The Hall–Kier alpha value is -2.32. The summed E-state index contributed by atoms with van der Waals surface area (Å²) in [5, 5.41) is 6.62. The molecule has 3 rings (SSSR count). The van der Waals surface area contributed by atoms with Gasteiger partial charge in [-0.2, -0.15) is 0 Å². The second kappa shape index (κ2) is 13.8. The first kappa shape index (κ1) is 24.0. The van der Waals surface area contributed by atoms with Gasteiger partial charge in [-0.3, -0.25) is 0 Å². The third-order valence-corrected chi connectivity index (χ3v) is 4.41. The molecule has 0 atom stereocenters. The molecule has 160 valence electrons. The Bertz CT molecular complexity index is 850. The average Bonchev–Trinajstić information content (AvgIpc) is 3.27. The third-order valence-electron chi connectivity index (χ3n) is 4.41. The van der Waals surface area contributed by atoms with Crippen LogP contribution in [0.4, 0.5) is 0 Å². The molecule has 2 N–H and O–H groups in total. The highest BCUT2D eigenvalue weighted by Crippen LogP contribution is 2.09. The van der Waals surface area contributed by atoms with Crippen LogP contribution in [-0.2, 0) is 30.9 Å². The number of furan rings is 1. The smallest absolute Gasteiger partial charge is 0.191 e. The Kier molecular flexibility index (Phi) is 11.0. The van der Waals surface area contributed by atoms with Crippen molar-refractivity contribution < 1.29 is 9.15 Å². The summed E-state index contributed by atoms with van der Waals surface area (Å²) in [4.78, 5) is 4.67. The number of guanidine groups is 1. The molecule has 0 radical (unpaired) electrons. The lowest BCUT2D eigenvalue weighted by atomic mass is 10.1. The number of hydrogen-bond donors (Lipinski definition) is 2. The Morgan fingerprint density at radius 1 is 0.867 bits per heavy atom. The SMILES string of the molecule is CCNC(=NCc1ccc(COCc2ccccc2)cc1)NCCc1ccco1.I. The number of rotatable bonds is 10. The molecule has 0 unspecified atom stereocenters. The number of benzene rings is 2. The predicted octanol–water partition coefficient (Wildman–Crippen LogP) is 4.91. The van der Waals surface area contributed by atoms with Gasteiger partial charge in [0.25, 0.3) is 0 Å². The van der Waals surface area contributed by atoms with Gasteiger partial charge in [0.2, 0.25) is 0 Å². The van der Waals surface area contributed by atoms with Crippen LogP contribution in [0, 0.1) is 0 Å². The van der Waals surface area contributed by atoms with Crippen molar-refractivity contribution in [1.29, 1.82) is 0 Å². The Balaban J connectivity index is 0.00000320. The molecule has 1 heterocycles. The van der Waals surface area contributed by atoms with Gasteiger partial charge in [0, 0.05) is 19.5 Å². The van der Waals surface area contributed by atoms with Crippen molar-refractivity contribution in [1.82, 2.24) is 10.6 Å². The lowest BCUT2D eigenvalue weighted by Crippen LogP contribution is -2.38. The van der Waals surface area contributed by atoms with Gasteiger partial charge in [0.15, 0.2) is 5.96 Å². The second-order valence-electron chi connectivity index (χ2n) is 6.75. The molecule has 3 aromatic rings. The van der Waals surface area contributed by atoms with E-state index in [0.29, 0.717) is 19.8 Å². The van der Waals surface area contributed by atoms with Crippen molar-refractivity contribution >= 4 is 29.9 Å². The maximum absolute atomic E-state index is 5.80. The van der Waals surface area contributed by atoms with E-state index in [1.165, 1.54) is 11.1 Å². The number of halogens is 1. The maximum atomic E-state index is 5.80. The number of aliphatic imine (C=N–C) groups is 1. The minimum atomic E-state index is 0. The lowest BCUT2D eigenvalue weighted by molar-refractivity contribution is 0.107. The van der Waals surface area contributed by atoms with Crippen LogP contribution in [0.15, 0.2) is 82.4 Å². The van der Waals surface area contributed by atoms with Crippen molar-refractivity contribution in [3.63, 3.8) is 0 Å². The molecule has 0 saturated heterocycles.